The molecule has 1 amide bonds. The molecule has 1 saturated heterocycles. The number of halogens is 1. The van der Waals surface area contributed by atoms with Crippen molar-refractivity contribution in [2.45, 2.75) is 12.8 Å². The van der Waals surface area contributed by atoms with Gasteiger partial charge in [-0.2, -0.15) is 0 Å². The van der Waals surface area contributed by atoms with E-state index in [0.717, 1.165) is 21.3 Å². The molecule has 0 bridgehead atoms. The third-order valence-electron chi connectivity index (χ3n) is 4.00. The number of carbonyl (C=O) groups excluding carboxylic acids is 1. The highest BCUT2D eigenvalue weighted by Gasteiger charge is 2.29. The molecule has 1 N–H and O–H groups in total. The third-order valence-corrected chi connectivity index (χ3v) is 5.65. The van der Waals surface area contributed by atoms with Gasteiger partial charge >= 0.3 is 5.97 Å². The molecule has 2 heterocycles. The number of amides is 1. The highest BCUT2D eigenvalue weighted by molar-refractivity contribution is 9.10. The summed E-state index contributed by atoms with van der Waals surface area (Å²) in [6.07, 6.45) is 1.39. The van der Waals surface area contributed by atoms with Crippen molar-refractivity contribution in [3.05, 3.63) is 45.7 Å². The van der Waals surface area contributed by atoms with Gasteiger partial charge in [-0.3, -0.25) is 9.59 Å². The van der Waals surface area contributed by atoms with Crippen molar-refractivity contribution in [1.82, 2.24) is 4.90 Å². The minimum Gasteiger partial charge on any atom is -0.481 e. The molecule has 0 aliphatic carbocycles. The molecule has 0 radical (unpaired) electrons. The van der Waals surface area contributed by atoms with Crippen LogP contribution in [0.5, 0.6) is 0 Å². The van der Waals surface area contributed by atoms with Gasteiger partial charge < -0.3 is 10.0 Å². The van der Waals surface area contributed by atoms with Gasteiger partial charge in [-0.1, -0.05) is 28.1 Å². The molecule has 4 nitrogen and oxygen atoms in total. The lowest BCUT2D eigenvalue weighted by Crippen LogP contribution is -2.42. The van der Waals surface area contributed by atoms with Crippen LogP contribution in [0.3, 0.4) is 0 Å². The van der Waals surface area contributed by atoms with E-state index in [1.807, 2.05) is 36.4 Å². The number of carboxylic acids is 1. The Kier molecular flexibility index (Phi) is 4.82. The van der Waals surface area contributed by atoms with Crippen LogP contribution in [-0.2, 0) is 4.79 Å². The van der Waals surface area contributed by atoms with Gasteiger partial charge in [0.25, 0.3) is 5.91 Å². The number of carboxylic acid groups (broad SMARTS) is 1. The first-order valence-corrected chi connectivity index (χ1v) is 9.03. The summed E-state index contributed by atoms with van der Waals surface area (Å²) in [7, 11) is 0. The second-order valence-electron chi connectivity index (χ2n) is 5.60. The molecular formula is C17H16BrNO3S. The summed E-state index contributed by atoms with van der Waals surface area (Å²) in [5.41, 5.74) is 1.07. The van der Waals surface area contributed by atoms with Crippen molar-refractivity contribution in [3.8, 4) is 10.4 Å². The molecule has 1 atom stereocenters. The molecule has 1 aliphatic heterocycles. The third kappa shape index (κ3) is 3.64. The lowest BCUT2D eigenvalue weighted by atomic mass is 9.98. The van der Waals surface area contributed by atoms with E-state index in [9.17, 15) is 9.59 Å². The zero-order valence-electron chi connectivity index (χ0n) is 12.4. The standard InChI is InChI=1S/C17H16BrNO3S/c18-13-5-3-11(4-6-13)14-7-8-15(23-14)16(20)19-9-1-2-12(10-19)17(21)22/h3-8,12H,1-2,9-10H2,(H,21,22). The highest BCUT2D eigenvalue weighted by Crippen LogP contribution is 2.30. The molecule has 1 aromatic heterocycles. The van der Waals surface area contributed by atoms with Crippen LogP contribution in [0, 0.1) is 5.92 Å². The van der Waals surface area contributed by atoms with Crippen LogP contribution in [0.4, 0.5) is 0 Å². The molecule has 23 heavy (non-hydrogen) atoms. The van der Waals surface area contributed by atoms with Crippen LogP contribution in [0.2, 0.25) is 0 Å². The minimum absolute atomic E-state index is 0.0655. The summed E-state index contributed by atoms with van der Waals surface area (Å²) >= 11 is 4.86. The van der Waals surface area contributed by atoms with Crippen LogP contribution >= 0.6 is 27.3 Å². The smallest absolute Gasteiger partial charge is 0.308 e. The monoisotopic (exact) mass is 393 g/mol. The zero-order chi connectivity index (χ0) is 16.4. The first-order valence-electron chi connectivity index (χ1n) is 7.42. The predicted octanol–water partition coefficient (Wildman–Crippen LogP) is 4.11. The molecule has 2 aromatic rings. The average Bonchev–Trinajstić information content (AvgIpc) is 3.05. The fourth-order valence-corrected chi connectivity index (χ4v) is 3.98. The molecule has 120 valence electrons. The maximum absolute atomic E-state index is 12.6. The summed E-state index contributed by atoms with van der Waals surface area (Å²) in [4.78, 5) is 27.1. The van der Waals surface area contributed by atoms with Crippen molar-refractivity contribution < 1.29 is 14.7 Å². The predicted molar refractivity (Wildman–Crippen MR) is 93.7 cm³/mol. The van der Waals surface area contributed by atoms with Crippen molar-refractivity contribution in [1.29, 1.82) is 0 Å². The Morgan fingerprint density at radius 1 is 1.17 bits per heavy atom. The van der Waals surface area contributed by atoms with E-state index in [0.29, 0.717) is 24.4 Å². The minimum atomic E-state index is -0.816. The summed E-state index contributed by atoms with van der Waals surface area (Å²) in [6, 6.07) is 11.7. The lowest BCUT2D eigenvalue weighted by Gasteiger charge is -2.30. The Morgan fingerprint density at radius 2 is 1.91 bits per heavy atom. The Bertz CT molecular complexity index is 726. The van der Waals surface area contributed by atoms with E-state index in [1.165, 1.54) is 11.3 Å². The van der Waals surface area contributed by atoms with Crippen LogP contribution in [0.25, 0.3) is 10.4 Å². The summed E-state index contributed by atoms with van der Waals surface area (Å²) in [5, 5.41) is 9.14. The normalized spacial score (nSPS) is 18.0. The number of likely N-dealkylation sites (tertiary alicyclic amines) is 1. The van der Waals surface area contributed by atoms with E-state index in [2.05, 4.69) is 15.9 Å². The second kappa shape index (κ2) is 6.84. The Balaban J connectivity index is 1.75. The number of thiophene rings is 1. The van der Waals surface area contributed by atoms with E-state index >= 15 is 0 Å². The number of rotatable bonds is 3. The van der Waals surface area contributed by atoms with E-state index in [4.69, 9.17) is 5.11 Å². The number of aliphatic carboxylic acids is 1. The first kappa shape index (κ1) is 16.2. The topological polar surface area (TPSA) is 57.6 Å². The van der Waals surface area contributed by atoms with Crippen LogP contribution in [-0.4, -0.2) is 35.0 Å². The van der Waals surface area contributed by atoms with Gasteiger partial charge in [-0.05, 0) is 42.7 Å². The number of nitrogens with zero attached hydrogens (tertiary/aromatic N) is 1. The van der Waals surface area contributed by atoms with E-state index in [-0.39, 0.29) is 5.91 Å². The molecule has 0 saturated carbocycles. The number of piperidine rings is 1. The van der Waals surface area contributed by atoms with Crippen molar-refractivity contribution in [3.63, 3.8) is 0 Å². The van der Waals surface area contributed by atoms with Gasteiger partial charge in [0.2, 0.25) is 0 Å². The summed E-state index contributed by atoms with van der Waals surface area (Å²) < 4.78 is 1.02. The molecule has 1 aliphatic rings. The highest BCUT2D eigenvalue weighted by atomic mass is 79.9. The maximum Gasteiger partial charge on any atom is 0.308 e. The van der Waals surface area contributed by atoms with Crippen LogP contribution in [0.15, 0.2) is 40.9 Å². The summed E-state index contributed by atoms with van der Waals surface area (Å²) in [5.74, 6) is -1.33. The van der Waals surface area contributed by atoms with E-state index < -0.39 is 11.9 Å². The van der Waals surface area contributed by atoms with Crippen molar-refractivity contribution in [2.75, 3.05) is 13.1 Å². The molecule has 1 aromatic carbocycles. The molecule has 6 heteroatoms. The zero-order valence-corrected chi connectivity index (χ0v) is 14.8. The molecule has 3 rings (SSSR count). The van der Waals surface area contributed by atoms with Crippen LogP contribution in [0.1, 0.15) is 22.5 Å². The number of carbonyl (C=O) groups is 2. The maximum atomic E-state index is 12.6. The Labute approximate surface area is 146 Å². The molecular weight excluding hydrogens is 378 g/mol. The molecule has 1 unspecified atom stereocenters. The number of benzene rings is 1. The van der Waals surface area contributed by atoms with Gasteiger partial charge in [0.05, 0.1) is 10.8 Å². The Morgan fingerprint density at radius 3 is 2.61 bits per heavy atom. The average molecular weight is 394 g/mol. The van der Waals surface area contributed by atoms with Gasteiger partial charge in [-0.15, -0.1) is 11.3 Å². The van der Waals surface area contributed by atoms with E-state index in [1.54, 1.807) is 4.90 Å². The summed E-state index contributed by atoms with van der Waals surface area (Å²) in [6.45, 7) is 0.938. The molecule has 1 fully saturated rings. The van der Waals surface area contributed by atoms with Crippen molar-refractivity contribution in [2.24, 2.45) is 5.92 Å². The van der Waals surface area contributed by atoms with Crippen molar-refractivity contribution >= 4 is 39.1 Å². The number of hydrogen-bond acceptors (Lipinski definition) is 3. The second-order valence-corrected chi connectivity index (χ2v) is 7.60. The Hall–Kier alpha value is -1.66. The largest absolute Gasteiger partial charge is 0.481 e. The fraction of sp³-hybridized carbons (Fsp3) is 0.294. The van der Waals surface area contributed by atoms with Crippen LogP contribution < -0.4 is 0 Å². The van der Waals surface area contributed by atoms with Gasteiger partial charge in [0.15, 0.2) is 0 Å². The SMILES string of the molecule is O=C(O)C1CCCN(C(=O)c2ccc(-c3ccc(Br)cc3)s2)C1. The fourth-order valence-electron chi connectivity index (χ4n) is 2.74. The van der Waals surface area contributed by atoms with Gasteiger partial charge in [0, 0.05) is 22.4 Å². The number of hydrogen-bond donors (Lipinski definition) is 1. The van der Waals surface area contributed by atoms with Gasteiger partial charge in [-0.25, -0.2) is 0 Å². The lowest BCUT2D eigenvalue weighted by molar-refractivity contribution is -0.143. The molecule has 0 spiro atoms. The first-order chi connectivity index (χ1) is 11.0. The quantitative estimate of drug-likeness (QED) is 0.852. The van der Waals surface area contributed by atoms with Gasteiger partial charge in [0.1, 0.15) is 0 Å².